The summed E-state index contributed by atoms with van der Waals surface area (Å²) in [6.07, 6.45) is 1.22. The summed E-state index contributed by atoms with van der Waals surface area (Å²) in [4.78, 5) is 47.4. The van der Waals surface area contributed by atoms with E-state index in [1.54, 1.807) is 0 Å². The van der Waals surface area contributed by atoms with Crippen LogP contribution in [0.15, 0.2) is 39.4 Å². The minimum Gasteiger partial charge on any atom is -0.505 e. The standard InChI is InChI=1S/C18H18FN3O5/c1-11(14(24)5-3-4-10-23)16(25)15-17(26)22(18(27)21(2)20-15)13-8-6-12(19)7-9-13/h6-10,25H,3-5H2,1-2H3. The second kappa shape index (κ2) is 8.35. The van der Waals surface area contributed by atoms with Crippen molar-refractivity contribution in [2.75, 3.05) is 0 Å². The van der Waals surface area contributed by atoms with Gasteiger partial charge >= 0.3 is 5.69 Å². The number of unbranched alkanes of at least 4 members (excludes halogenated alkanes) is 1. The molecule has 0 bridgehead atoms. The Morgan fingerprint density at radius 2 is 1.89 bits per heavy atom. The van der Waals surface area contributed by atoms with Gasteiger partial charge in [-0.2, -0.15) is 5.10 Å². The average molecular weight is 375 g/mol. The second-order valence-corrected chi connectivity index (χ2v) is 5.83. The van der Waals surface area contributed by atoms with Gasteiger partial charge < -0.3 is 9.90 Å². The van der Waals surface area contributed by atoms with Gasteiger partial charge in [0.25, 0.3) is 5.56 Å². The van der Waals surface area contributed by atoms with Crippen LogP contribution in [0.2, 0.25) is 0 Å². The number of hydrogen-bond acceptors (Lipinski definition) is 6. The number of aliphatic hydroxyl groups excluding tert-OH is 1. The van der Waals surface area contributed by atoms with Crippen LogP contribution < -0.4 is 11.2 Å². The van der Waals surface area contributed by atoms with E-state index in [1.165, 1.54) is 26.1 Å². The lowest BCUT2D eigenvalue weighted by molar-refractivity contribution is -0.115. The highest BCUT2D eigenvalue weighted by Gasteiger charge is 2.20. The van der Waals surface area contributed by atoms with Crippen LogP contribution in [0.4, 0.5) is 4.39 Å². The summed E-state index contributed by atoms with van der Waals surface area (Å²) in [6.45, 7) is 1.33. The molecular formula is C18H18FN3O5. The van der Waals surface area contributed by atoms with Crippen molar-refractivity contribution in [2.24, 2.45) is 7.05 Å². The maximum absolute atomic E-state index is 13.1. The number of benzene rings is 1. The lowest BCUT2D eigenvalue weighted by atomic mass is 10.1. The number of Topliss-reactive ketones (excluding diaryl/α,β-unsaturated/α-hetero) is 1. The SMILES string of the molecule is CC(C(=O)CCCC=O)=C(O)c1nn(C)c(=O)n(-c2ccc(F)cc2)c1=O. The fourth-order valence-electron chi connectivity index (χ4n) is 2.38. The van der Waals surface area contributed by atoms with Crippen LogP contribution in [0, 0.1) is 5.82 Å². The number of aldehydes is 1. The number of halogens is 1. The van der Waals surface area contributed by atoms with Crippen LogP contribution >= 0.6 is 0 Å². The fourth-order valence-corrected chi connectivity index (χ4v) is 2.38. The Bertz CT molecular complexity index is 1020. The van der Waals surface area contributed by atoms with Crippen LogP contribution in [0.3, 0.4) is 0 Å². The number of allylic oxidation sites excluding steroid dienone is 1. The van der Waals surface area contributed by atoms with E-state index in [4.69, 9.17) is 0 Å². The number of aryl methyl sites for hydroxylation is 1. The number of aromatic nitrogens is 3. The summed E-state index contributed by atoms with van der Waals surface area (Å²) in [6, 6.07) is 4.64. The molecule has 1 heterocycles. The van der Waals surface area contributed by atoms with E-state index in [1.807, 2.05) is 0 Å². The van der Waals surface area contributed by atoms with Crippen LogP contribution in [0.1, 0.15) is 31.9 Å². The van der Waals surface area contributed by atoms with Gasteiger partial charge in [-0.05, 0) is 37.6 Å². The number of ketones is 1. The quantitative estimate of drug-likeness (QED) is 0.338. The predicted molar refractivity (Wildman–Crippen MR) is 95.2 cm³/mol. The molecule has 0 aliphatic carbocycles. The maximum Gasteiger partial charge on any atom is 0.351 e. The first-order valence-electron chi connectivity index (χ1n) is 8.11. The molecule has 1 N–H and O–H groups in total. The van der Waals surface area contributed by atoms with Gasteiger partial charge in [0.05, 0.1) is 5.69 Å². The number of nitrogens with zero attached hydrogens (tertiary/aromatic N) is 3. The first-order valence-corrected chi connectivity index (χ1v) is 8.11. The van der Waals surface area contributed by atoms with Gasteiger partial charge in [-0.1, -0.05) is 0 Å². The summed E-state index contributed by atoms with van der Waals surface area (Å²) in [5.74, 6) is -1.64. The first-order chi connectivity index (χ1) is 12.8. The third-order valence-corrected chi connectivity index (χ3v) is 3.93. The summed E-state index contributed by atoms with van der Waals surface area (Å²) in [7, 11) is 1.28. The zero-order valence-corrected chi connectivity index (χ0v) is 14.8. The second-order valence-electron chi connectivity index (χ2n) is 5.83. The van der Waals surface area contributed by atoms with E-state index in [0.717, 1.165) is 21.4 Å². The molecule has 27 heavy (non-hydrogen) atoms. The number of rotatable bonds is 7. The van der Waals surface area contributed by atoms with Gasteiger partial charge in [-0.3, -0.25) is 9.59 Å². The van der Waals surface area contributed by atoms with E-state index >= 15 is 0 Å². The van der Waals surface area contributed by atoms with Crippen molar-refractivity contribution in [3.63, 3.8) is 0 Å². The zero-order chi connectivity index (χ0) is 20.1. The molecule has 142 valence electrons. The van der Waals surface area contributed by atoms with Gasteiger partial charge in [0, 0.05) is 25.5 Å². The van der Waals surface area contributed by atoms with Crippen molar-refractivity contribution in [1.29, 1.82) is 0 Å². The summed E-state index contributed by atoms with van der Waals surface area (Å²) in [5, 5.41) is 14.1. The first kappa shape index (κ1) is 20.0. The molecule has 1 aromatic carbocycles. The smallest absolute Gasteiger partial charge is 0.351 e. The molecule has 1 aromatic heterocycles. The Kier molecular flexibility index (Phi) is 6.17. The van der Waals surface area contributed by atoms with E-state index in [2.05, 4.69) is 5.10 Å². The molecule has 0 saturated heterocycles. The Labute approximate surface area is 153 Å². The third-order valence-electron chi connectivity index (χ3n) is 3.93. The van der Waals surface area contributed by atoms with Crippen molar-refractivity contribution in [3.05, 3.63) is 62.2 Å². The minimum absolute atomic E-state index is 0.0204. The average Bonchev–Trinajstić information content (AvgIpc) is 2.65. The maximum atomic E-state index is 13.1. The number of hydrogen-bond donors (Lipinski definition) is 1. The molecular weight excluding hydrogens is 357 g/mol. The largest absolute Gasteiger partial charge is 0.505 e. The van der Waals surface area contributed by atoms with Gasteiger partial charge in [0.15, 0.2) is 17.2 Å². The van der Waals surface area contributed by atoms with E-state index < -0.39 is 34.3 Å². The highest BCUT2D eigenvalue weighted by molar-refractivity contribution is 6.00. The van der Waals surface area contributed by atoms with Crippen molar-refractivity contribution >= 4 is 17.8 Å². The van der Waals surface area contributed by atoms with Crippen molar-refractivity contribution in [2.45, 2.75) is 26.2 Å². The molecule has 0 unspecified atom stereocenters. The van der Waals surface area contributed by atoms with Gasteiger partial charge in [-0.25, -0.2) is 18.4 Å². The Morgan fingerprint density at radius 1 is 1.26 bits per heavy atom. The predicted octanol–water partition coefficient (Wildman–Crippen LogP) is 1.30. The van der Waals surface area contributed by atoms with Gasteiger partial charge in [0.2, 0.25) is 0 Å². The minimum atomic E-state index is -0.942. The monoisotopic (exact) mass is 375 g/mol. The van der Waals surface area contributed by atoms with Crippen molar-refractivity contribution < 1.29 is 19.1 Å². The Hall–Kier alpha value is -3.36. The van der Waals surface area contributed by atoms with E-state index in [9.17, 15) is 28.7 Å². The molecule has 0 spiro atoms. The molecule has 0 atom stereocenters. The Morgan fingerprint density at radius 3 is 2.48 bits per heavy atom. The van der Waals surface area contributed by atoms with Crippen LogP contribution in [0.5, 0.6) is 0 Å². The normalized spacial score (nSPS) is 11.8. The van der Waals surface area contributed by atoms with Crippen molar-refractivity contribution in [1.82, 2.24) is 14.3 Å². The molecule has 8 nitrogen and oxygen atoms in total. The molecule has 0 radical (unpaired) electrons. The molecule has 0 fully saturated rings. The zero-order valence-electron chi connectivity index (χ0n) is 14.8. The fraction of sp³-hybridized carbons (Fsp3) is 0.278. The summed E-state index contributed by atoms with van der Waals surface area (Å²) in [5.41, 5.74) is -2.23. The Balaban J connectivity index is 2.58. The molecule has 0 saturated carbocycles. The van der Waals surface area contributed by atoms with Crippen LogP contribution in [0.25, 0.3) is 11.4 Å². The molecule has 0 amide bonds. The summed E-state index contributed by atoms with van der Waals surface area (Å²) < 4.78 is 14.7. The summed E-state index contributed by atoms with van der Waals surface area (Å²) >= 11 is 0. The lowest BCUT2D eigenvalue weighted by Crippen LogP contribution is -2.41. The molecule has 0 aliphatic rings. The van der Waals surface area contributed by atoms with E-state index in [-0.39, 0.29) is 24.1 Å². The van der Waals surface area contributed by atoms with Crippen molar-refractivity contribution in [3.8, 4) is 5.69 Å². The number of aliphatic hydroxyl groups is 1. The van der Waals surface area contributed by atoms with Gasteiger partial charge in [0.1, 0.15) is 12.1 Å². The number of carbonyl (C=O) groups excluding carboxylic acids is 2. The van der Waals surface area contributed by atoms with Crippen LogP contribution in [-0.4, -0.2) is 31.5 Å². The molecule has 9 heteroatoms. The highest BCUT2D eigenvalue weighted by Crippen LogP contribution is 2.14. The molecule has 0 aliphatic heterocycles. The lowest BCUT2D eigenvalue weighted by Gasteiger charge is -2.10. The third kappa shape index (κ3) is 4.25. The molecule has 2 rings (SSSR count). The van der Waals surface area contributed by atoms with Gasteiger partial charge in [-0.15, -0.1) is 0 Å². The topological polar surface area (TPSA) is 111 Å². The van der Waals surface area contributed by atoms with Crippen LogP contribution in [-0.2, 0) is 16.6 Å². The van der Waals surface area contributed by atoms with E-state index in [0.29, 0.717) is 12.7 Å². The highest BCUT2D eigenvalue weighted by atomic mass is 19.1. The molecule has 2 aromatic rings. The number of carbonyl (C=O) groups is 2.